The van der Waals surface area contributed by atoms with Crippen LogP contribution in [0.3, 0.4) is 0 Å². The SMILES string of the molecule is CC1=C(C#N)C(=O)N(C(=O)OCc2ccccc2)C(=O)/C1=N/c1cc2sc3c(c2s1)OC(C(=O)OCc1ccccc1)(C(=O)OCc1ccccc1)c1c-3sc2cc(/N=C(C=O)\C(C)=C(\C#N)C(=O)NC(=O)OCc3ccccc3)sc12. The molecule has 0 unspecified atom stereocenters. The Morgan fingerprint density at radius 2 is 1.17 bits per heavy atom. The highest BCUT2D eigenvalue weighted by molar-refractivity contribution is 7.36. The van der Waals surface area contributed by atoms with Crippen LogP contribution in [0.15, 0.2) is 166 Å². The maximum atomic E-state index is 15.3. The standard InChI is InChI=1S/C59H38N6O13S4/c1-32(38(25-60)52(67)64-57(72)76-30-36-19-11-5-12-20-36)40(27-66)62-43-23-41-48(81-43)45-50(79-41)51-47(78-59(45,55(70)74-28-34-15-7-3-8-16-34)56(71)75-29-35-17-9-4-10-18-35)49-42(80-51)24-44(82-49)63-46-33(2)39(26-61)53(68)65(54(46)69)58(73)77-31-37-21-13-6-14-22-37/h3-24,27H,28-31H2,1-2H3,(H,64,67,72)/b38-32-,62-40-,63-46+. The summed E-state index contributed by atoms with van der Waals surface area (Å²) in [4.78, 5) is 120. The second-order valence-corrected chi connectivity index (χ2v) is 22.0. The van der Waals surface area contributed by atoms with Crippen LogP contribution in [0.25, 0.3) is 28.6 Å². The summed E-state index contributed by atoms with van der Waals surface area (Å²) in [7, 11) is 0. The molecule has 5 amide bonds. The number of nitrogens with zero attached hydrogens (tertiary/aromatic N) is 5. The monoisotopic (exact) mass is 1170 g/mol. The van der Waals surface area contributed by atoms with Gasteiger partial charge in [-0.25, -0.2) is 29.2 Å². The van der Waals surface area contributed by atoms with Crippen LogP contribution in [0.2, 0.25) is 0 Å². The van der Waals surface area contributed by atoms with Crippen molar-refractivity contribution in [2.45, 2.75) is 45.9 Å². The third-order valence-electron chi connectivity index (χ3n) is 12.6. The van der Waals surface area contributed by atoms with Crippen LogP contribution in [0.4, 0.5) is 19.6 Å². The molecular formula is C59H38N6O13S4. The minimum atomic E-state index is -2.70. The lowest BCUT2D eigenvalue weighted by Crippen LogP contribution is -2.52. The van der Waals surface area contributed by atoms with E-state index in [0.717, 1.165) is 34.0 Å². The summed E-state index contributed by atoms with van der Waals surface area (Å²) in [6.45, 7) is 1.62. The summed E-state index contributed by atoms with van der Waals surface area (Å²) in [5, 5.41) is 22.4. The van der Waals surface area contributed by atoms with Crippen LogP contribution in [-0.4, -0.2) is 64.5 Å². The summed E-state index contributed by atoms with van der Waals surface area (Å²) in [5.74, 6) is -5.72. The predicted molar refractivity (Wildman–Crippen MR) is 303 cm³/mol. The average molecular weight is 1170 g/mol. The number of allylic oxidation sites excluding steroid dienone is 1. The number of alkyl carbamates (subject to hydrolysis) is 1. The van der Waals surface area contributed by atoms with Crippen molar-refractivity contribution in [2.24, 2.45) is 9.98 Å². The Bertz CT molecular complexity index is 4110. The number of thiophene rings is 4. The Hall–Kier alpha value is -10.0. The summed E-state index contributed by atoms with van der Waals surface area (Å²) in [6.07, 6.45) is -2.12. The molecule has 0 fully saturated rings. The molecule has 2 aliphatic rings. The average Bonchev–Trinajstić information content (AvgIpc) is 2.34. The molecule has 4 aromatic carbocycles. The fourth-order valence-electron chi connectivity index (χ4n) is 8.53. The molecule has 19 nitrogen and oxygen atoms in total. The number of imide groups is 4. The number of benzene rings is 4. The normalized spacial score (nSPS) is 14.4. The van der Waals surface area contributed by atoms with E-state index in [1.54, 1.807) is 146 Å². The zero-order valence-electron chi connectivity index (χ0n) is 42.8. The molecule has 10 rings (SSSR count). The van der Waals surface area contributed by atoms with Crippen molar-refractivity contribution >= 4 is 134 Å². The first-order chi connectivity index (χ1) is 39.7. The van der Waals surface area contributed by atoms with E-state index in [1.807, 2.05) is 5.32 Å². The molecule has 0 saturated heterocycles. The molecule has 2 aliphatic heterocycles. The number of rotatable bonds is 15. The van der Waals surface area contributed by atoms with E-state index in [2.05, 4.69) is 9.98 Å². The van der Waals surface area contributed by atoms with Crippen molar-refractivity contribution in [1.29, 1.82) is 10.5 Å². The van der Waals surface area contributed by atoms with Gasteiger partial charge >= 0.3 is 29.7 Å². The predicted octanol–water partition coefficient (Wildman–Crippen LogP) is 11.2. The zero-order chi connectivity index (χ0) is 57.7. The van der Waals surface area contributed by atoms with Crippen molar-refractivity contribution in [2.75, 3.05) is 0 Å². The first-order valence-corrected chi connectivity index (χ1v) is 27.7. The molecule has 0 bridgehead atoms. The van der Waals surface area contributed by atoms with Crippen LogP contribution < -0.4 is 10.1 Å². The van der Waals surface area contributed by atoms with Gasteiger partial charge in [-0.1, -0.05) is 121 Å². The van der Waals surface area contributed by atoms with E-state index in [-0.39, 0.29) is 69.5 Å². The molecule has 0 aliphatic carbocycles. The molecule has 0 atom stereocenters. The Balaban J connectivity index is 1.06. The number of hydrogen-bond acceptors (Lipinski definition) is 21. The molecule has 23 heteroatoms. The quantitative estimate of drug-likeness (QED) is 0.0146. The fourth-order valence-corrected chi connectivity index (χ4v) is 13.6. The molecule has 82 heavy (non-hydrogen) atoms. The molecule has 0 saturated carbocycles. The van der Waals surface area contributed by atoms with Gasteiger partial charge in [-0.3, -0.25) is 24.5 Å². The molecule has 0 spiro atoms. The lowest BCUT2D eigenvalue weighted by molar-refractivity contribution is -0.183. The van der Waals surface area contributed by atoms with Gasteiger partial charge in [0.15, 0.2) is 12.0 Å². The highest BCUT2D eigenvalue weighted by Gasteiger charge is 2.60. The number of carbonyl (C=O) groups excluding carboxylic acids is 8. The van der Waals surface area contributed by atoms with Gasteiger partial charge in [-0.2, -0.15) is 15.4 Å². The minimum absolute atomic E-state index is 0.0458. The maximum absolute atomic E-state index is 15.3. The van der Waals surface area contributed by atoms with Crippen LogP contribution in [0.5, 0.6) is 5.75 Å². The number of nitriles is 2. The Labute approximate surface area is 480 Å². The number of esters is 2. The van der Waals surface area contributed by atoms with Gasteiger partial charge in [-0.05, 0) is 48.2 Å². The van der Waals surface area contributed by atoms with Crippen molar-refractivity contribution in [3.8, 4) is 27.6 Å². The van der Waals surface area contributed by atoms with E-state index in [4.69, 9.17) is 23.7 Å². The molecule has 406 valence electrons. The van der Waals surface area contributed by atoms with Crippen LogP contribution in [0, 0.1) is 22.7 Å². The smallest absolute Gasteiger partial charge is 0.424 e. The summed E-state index contributed by atoms with van der Waals surface area (Å²) < 4.78 is 31.0. The van der Waals surface area contributed by atoms with E-state index < -0.39 is 64.3 Å². The van der Waals surface area contributed by atoms with Crippen LogP contribution in [0.1, 0.15) is 41.7 Å². The minimum Gasteiger partial charge on any atom is -0.457 e. The van der Waals surface area contributed by atoms with Crippen LogP contribution >= 0.6 is 45.3 Å². The number of fused-ring (bicyclic) bond motifs is 7. The summed E-state index contributed by atoms with van der Waals surface area (Å²) in [6, 6.07) is 41.4. The van der Waals surface area contributed by atoms with Gasteiger partial charge in [0, 0.05) is 15.8 Å². The van der Waals surface area contributed by atoms with Gasteiger partial charge in [0.25, 0.3) is 17.7 Å². The highest BCUT2D eigenvalue weighted by atomic mass is 32.1. The molecular weight excluding hydrogens is 1130 g/mol. The summed E-state index contributed by atoms with van der Waals surface area (Å²) >= 11 is 4.31. The first kappa shape index (κ1) is 55.3. The molecule has 0 radical (unpaired) electrons. The summed E-state index contributed by atoms with van der Waals surface area (Å²) in [5.41, 5.74) is -2.41. The largest absolute Gasteiger partial charge is 0.457 e. The number of nitrogens with one attached hydrogen (secondary N) is 1. The number of hydrogen-bond donors (Lipinski definition) is 1. The number of aliphatic imine (C=N–C) groups is 2. The Morgan fingerprint density at radius 1 is 0.671 bits per heavy atom. The second kappa shape index (κ2) is 23.7. The number of amides is 5. The fraction of sp³-hybridized carbons (Fsp3) is 0.119. The Kier molecular flexibility index (Phi) is 16.0. The van der Waals surface area contributed by atoms with E-state index in [9.17, 15) is 39.3 Å². The van der Waals surface area contributed by atoms with Gasteiger partial charge in [0.2, 0.25) is 0 Å². The first-order valence-electron chi connectivity index (χ1n) is 24.4. The topological polar surface area (TPSA) is 270 Å². The van der Waals surface area contributed by atoms with Crippen molar-refractivity contribution in [3.63, 3.8) is 0 Å². The van der Waals surface area contributed by atoms with Crippen LogP contribution in [-0.2, 0) is 79.7 Å². The molecule has 1 N–H and O–H groups in total. The van der Waals surface area contributed by atoms with E-state index >= 15 is 9.59 Å². The third-order valence-corrected chi connectivity index (χ3v) is 17.4. The number of ether oxygens (including phenoxy) is 5. The number of aldehydes is 1. The highest BCUT2D eigenvalue weighted by Crippen LogP contribution is 2.61. The van der Waals surface area contributed by atoms with Gasteiger partial charge in [0.05, 0.1) is 29.4 Å². The van der Waals surface area contributed by atoms with Gasteiger partial charge < -0.3 is 23.7 Å². The maximum Gasteiger partial charge on any atom is 0.424 e. The number of carbonyl (C=O) groups is 8. The van der Waals surface area contributed by atoms with Crippen molar-refractivity contribution < 1.29 is 62.0 Å². The zero-order valence-corrected chi connectivity index (χ0v) is 46.0. The van der Waals surface area contributed by atoms with E-state index in [0.29, 0.717) is 57.1 Å². The van der Waals surface area contributed by atoms with Crippen molar-refractivity contribution in [1.82, 2.24) is 10.2 Å². The van der Waals surface area contributed by atoms with E-state index in [1.165, 1.54) is 25.2 Å². The molecule has 4 aromatic heterocycles. The lowest BCUT2D eigenvalue weighted by Gasteiger charge is -2.33. The lowest BCUT2D eigenvalue weighted by atomic mass is 9.90. The third kappa shape index (κ3) is 10.9. The Morgan fingerprint density at radius 3 is 1.71 bits per heavy atom. The van der Waals surface area contributed by atoms with Gasteiger partial charge in [-0.15, -0.1) is 45.3 Å². The molecule has 6 heterocycles. The molecule has 8 aromatic rings. The second-order valence-electron chi connectivity index (χ2n) is 17.8. The van der Waals surface area contributed by atoms with Crippen molar-refractivity contribution in [3.05, 3.63) is 184 Å². The van der Waals surface area contributed by atoms with Gasteiger partial charge in [0.1, 0.15) is 71.1 Å².